The number of carbonyl (C=O) groups excluding carboxylic acids is 1. The Balaban J connectivity index is 1.52. The smallest absolute Gasteiger partial charge is 0.244 e. The Bertz CT molecular complexity index is 1070. The maximum Gasteiger partial charge on any atom is 0.244 e. The van der Waals surface area contributed by atoms with Gasteiger partial charge in [-0.1, -0.05) is 26.0 Å². The molecule has 32 heavy (non-hydrogen) atoms. The lowest BCUT2D eigenvalue weighted by molar-refractivity contribution is -0.139. The zero-order valence-electron chi connectivity index (χ0n) is 18.6. The van der Waals surface area contributed by atoms with Gasteiger partial charge in [0.1, 0.15) is 10.7 Å². The van der Waals surface area contributed by atoms with Gasteiger partial charge in [0, 0.05) is 38.1 Å². The number of halogens is 1. The predicted octanol–water partition coefficient (Wildman–Crippen LogP) is 3.49. The highest BCUT2D eigenvalue weighted by Gasteiger charge is 2.53. The zero-order valence-corrected chi connectivity index (χ0v) is 19.4. The van der Waals surface area contributed by atoms with Crippen LogP contribution in [0.3, 0.4) is 0 Å². The molecule has 0 aliphatic carbocycles. The molecule has 2 saturated heterocycles. The molecule has 2 aliphatic rings. The van der Waals surface area contributed by atoms with E-state index in [1.54, 1.807) is 24.4 Å². The molecule has 4 rings (SSSR count). The Hall–Kier alpha value is -2.32. The lowest BCUT2D eigenvalue weighted by Gasteiger charge is -2.37. The monoisotopic (exact) mass is 459 g/mol. The summed E-state index contributed by atoms with van der Waals surface area (Å²) >= 11 is 0. The molecule has 172 valence electrons. The second-order valence-corrected chi connectivity index (χ2v) is 11.4. The van der Waals surface area contributed by atoms with Crippen molar-refractivity contribution >= 4 is 15.9 Å². The third-order valence-corrected chi connectivity index (χ3v) is 8.54. The molecule has 0 N–H and O–H groups in total. The number of pyridine rings is 1. The average Bonchev–Trinajstić information content (AvgIpc) is 2.99. The molecule has 0 unspecified atom stereocenters. The number of rotatable bonds is 6. The van der Waals surface area contributed by atoms with Gasteiger partial charge in [-0.3, -0.25) is 9.78 Å². The summed E-state index contributed by atoms with van der Waals surface area (Å²) in [6, 6.07) is 9.71. The van der Waals surface area contributed by atoms with Crippen molar-refractivity contribution in [2.45, 2.75) is 50.5 Å². The number of piperidine rings is 1. The molecule has 6 nitrogen and oxygen atoms in total. The Morgan fingerprint density at radius 2 is 1.94 bits per heavy atom. The summed E-state index contributed by atoms with van der Waals surface area (Å²) in [6.45, 7) is 5.44. The minimum Gasteiger partial charge on any atom is -0.339 e. The minimum atomic E-state index is -3.62. The molecule has 1 amide bonds. The van der Waals surface area contributed by atoms with E-state index in [0.29, 0.717) is 51.2 Å². The summed E-state index contributed by atoms with van der Waals surface area (Å²) in [4.78, 5) is 19.7. The molecule has 8 heteroatoms. The SMILES string of the molecule is CC(C)CN1C(=O)C2(CCN(S(=O)(=O)c3cccnc3)CC2)C[C@@H]1Cc1cccc(F)c1. The second-order valence-electron chi connectivity index (χ2n) is 9.42. The van der Waals surface area contributed by atoms with Crippen molar-refractivity contribution in [3.05, 3.63) is 60.2 Å². The normalized spacial score (nSPS) is 21.6. The van der Waals surface area contributed by atoms with Gasteiger partial charge in [-0.25, -0.2) is 12.8 Å². The van der Waals surface area contributed by atoms with Gasteiger partial charge in [-0.2, -0.15) is 4.31 Å². The first kappa shape index (κ1) is 22.9. The number of hydrogen-bond donors (Lipinski definition) is 0. The number of sulfonamides is 1. The van der Waals surface area contributed by atoms with E-state index in [0.717, 1.165) is 5.56 Å². The number of benzene rings is 1. The van der Waals surface area contributed by atoms with Crippen molar-refractivity contribution in [2.24, 2.45) is 11.3 Å². The zero-order chi connectivity index (χ0) is 22.9. The molecule has 0 saturated carbocycles. The lowest BCUT2D eigenvalue weighted by Crippen LogP contribution is -2.47. The number of nitrogens with zero attached hydrogens (tertiary/aromatic N) is 3. The highest BCUT2D eigenvalue weighted by molar-refractivity contribution is 7.89. The lowest BCUT2D eigenvalue weighted by atomic mass is 9.76. The third-order valence-electron chi connectivity index (χ3n) is 6.66. The maximum absolute atomic E-state index is 13.7. The summed E-state index contributed by atoms with van der Waals surface area (Å²) in [6.07, 6.45) is 5.19. The van der Waals surface area contributed by atoms with Gasteiger partial charge in [-0.05, 0) is 61.4 Å². The van der Waals surface area contributed by atoms with Crippen molar-refractivity contribution in [3.63, 3.8) is 0 Å². The van der Waals surface area contributed by atoms with E-state index >= 15 is 0 Å². The maximum atomic E-state index is 13.7. The van der Waals surface area contributed by atoms with Crippen molar-refractivity contribution in [3.8, 4) is 0 Å². The Labute approximate surface area is 189 Å². The molecule has 0 radical (unpaired) electrons. The van der Waals surface area contributed by atoms with E-state index in [2.05, 4.69) is 18.8 Å². The fourth-order valence-corrected chi connectivity index (χ4v) is 6.49. The van der Waals surface area contributed by atoms with Crippen LogP contribution < -0.4 is 0 Å². The van der Waals surface area contributed by atoms with E-state index in [1.807, 2.05) is 11.0 Å². The van der Waals surface area contributed by atoms with Gasteiger partial charge in [0.15, 0.2) is 0 Å². The van der Waals surface area contributed by atoms with E-state index in [9.17, 15) is 17.6 Å². The Morgan fingerprint density at radius 1 is 1.19 bits per heavy atom. The van der Waals surface area contributed by atoms with Gasteiger partial charge >= 0.3 is 0 Å². The first-order valence-corrected chi connectivity index (χ1v) is 12.6. The van der Waals surface area contributed by atoms with Crippen LogP contribution in [0.15, 0.2) is 53.7 Å². The van der Waals surface area contributed by atoms with Crippen molar-refractivity contribution in [1.29, 1.82) is 0 Å². The molecule has 1 aromatic heterocycles. The van der Waals surface area contributed by atoms with Crippen LogP contribution in [-0.2, 0) is 21.2 Å². The van der Waals surface area contributed by atoms with E-state index in [1.165, 1.54) is 22.6 Å². The van der Waals surface area contributed by atoms with Gasteiger partial charge in [0.2, 0.25) is 15.9 Å². The van der Waals surface area contributed by atoms with Crippen molar-refractivity contribution in [2.75, 3.05) is 19.6 Å². The summed E-state index contributed by atoms with van der Waals surface area (Å²) < 4.78 is 41.1. The van der Waals surface area contributed by atoms with Crippen LogP contribution >= 0.6 is 0 Å². The molecule has 1 atom stereocenters. The van der Waals surface area contributed by atoms with Gasteiger partial charge in [-0.15, -0.1) is 0 Å². The molecule has 0 bridgehead atoms. The van der Waals surface area contributed by atoms with Crippen LogP contribution in [0.2, 0.25) is 0 Å². The molecular weight excluding hydrogens is 429 g/mol. The molecule has 3 heterocycles. The minimum absolute atomic E-state index is 0.00631. The van der Waals surface area contributed by atoms with Crippen LogP contribution in [0.1, 0.15) is 38.7 Å². The summed E-state index contributed by atoms with van der Waals surface area (Å²) in [5, 5.41) is 0. The molecule has 2 fully saturated rings. The highest BCUT2D eigenvalue weighted by Crippen LogP contribution is 2.46. The number of aromatic nitrogens is 1. The molecule has 2 aromatic rings. The number of carbonyl (C=O) groups is 1. The quantitative estimate of drug-likeness (QED) is 0.663. The number of likely N-dealkylation sites (tertiary alicyclic amines) is 1. The molecular formula is C24H30FN3O3S. The number of amides is 1. The molecule has 1 aromatic carbocycles. The van der Waals surface area contributed by atoms with Gasteiger partial charge in [0.25, 0.3) is 0 Å². The summed E-state index contributed by atoms with van der Waals surface area (Å²) in [7, 11) is -3.62. The van der Waals surface area contributed by atoms with E-state index in [4.69, 9.17) is 0 Å². The van der Waals surface area contributed by atoms with E-state index in [-0.39, 0.29) is 22.7 Å². The topological polar surface area (TPSA) is 70.6 Å². The largest absolute Gasteiger partial charge is 0.339 e. The van der Waals surface area contributed by atoms with Crippen molar-refractivity contribution < 1.29 is 17.6 Å². The first-order valence-electron chi connectivity index (χ1n) is 11.2. The summed E-state index contributed by atoms with van der Waals surface area (Å²) in [5.41, 5.74) is 0.332. The van der Waals surface area contributed by atoms with E-state index < -0.39 is 15.4 Å². The second kappa shape index (κ2) is 8.90. The van der Waals surface area contributed by atoms with Crippen LogP contribution in [0.4, 0.5) is 4.39 Å². The van der Waals surface area contributed by atoms with Crippen LogP contribution in [0.25, 0.3) is 0 Å². The third kappa shape index (κ3) is 4.43. The van der Waals surface area contributed by atoms with Crippen LogP contribution in [-0.4, -0.2) is 54.2 Å². The highest BCUT2D eigenvalue weighted by atomic mass is 32.2. The fraction of sp³-hybridized carbons (Fsp3) is 0.500. The van der Waals surface area contributed by atoms with Gasteiger partial charge < -0.3 is 4.90 Å². The molecule has 1 spiro atoms. The molecule has 2 aliphatic heterocycles. The van der Waals surface area contributed by atoms with Gasteiger partial charge in [0.05, 0.1) is 5.41 Å². The Kier molecular flexibility index (Phi) is 6.36. The van der Waals surface area contributed by atoms with Crippen LogP contribution in [0.5, 0.6) is 0 Å². The van der Waals surface area contributed by atoms with Crippen LogP contribution in [0, 0.1) is 17.2 Å². The average molecular weight is 460 g/mol. The summed E-state index contributed by atoms with van der Waals surface area (Å²) in [5.74, 6) is 0.159. The predicted molar refractivity (Wildman–Crippen MR) is 120 cm³/mol. The number of hydrogen-bond acceptors (Lipinski definition) is 4. The first-order chi connectivity index (χ1) is 15.2. The fourth-order valence-electron chi connectivity index (χ4n) is 5.08. The Morgan fingerprint density at radius 3 is 2.56 bits per heavy atom. The van der Waals surface area contributed by atoms with Crippen molar-refractivity contribution in [1.82, 2.24) is 14.2 Å². The standard InChI is InChI=1S/C24H30FN3O3S/c1-18(2)17-28-21(14-19-5-3-6-20(25)13-19)15-24(23(28)29)8-11-27(12-9-24)32(30,31)22-7-4-10-26-16-22/h3-7,10,13,16,18,21H,8-9,11-12,14-15,17H2,1-2H3/t21-/m0/s1.